The lowest BCUT2D eigenvalue weighted by molar-refractivity contribution is -0.109. The normalized spacial score (nSPS) is 20.0. The molecule has 1 saturated carbocycles. The highest BCUT2D eigenvalue weighted by Gasteiger charge is 2.32. The SMILES string of the molecule is O=CC(c1ccc2c(c1)OCO2)C1CC1. The highest BCUT2D eigenvalue weighted by atomic mass is 16.7. The van der Waals surface area contributed by atoms with Crippen LogP contribution in [0, 0.1) is 5.92 Å². The van der Waals surface area contributed by atoms with Crippen LogP contribution in [0.3, 0.4) is 0 Å². The maximum Gasteiger partial charge on any atom is 0.231 e. The molecule has 1 aliphatic heterocycles. The summed E-state index contributed by atoms with van der Waals surface area (Å²) in [6.45, 7) is 0.286. The molecule has 0 N–H and O–H groups in total. The number of hydrogen-bond donors (Lipinski definition) is 0. The lowest BCUT2D eigenvalue weighted by Gasteiger charge is -2.09. The van der Waals surface area contributed by atoms with Crippen molar-refractivity contribution in [3.05, 3.63) is 23.8 Å². The van der Waals surface area contributed by atoms with Gasteiger partial charge in [-0.25, -0.2) is 0 Å². The van der Waals surface area contributed by atoms with Gasteiger partial charge in [0, 0.05) is 5.92 Å². The molecule has 15 heavy (non-hydrogen) atoms. The monoisotopic (exact) mass is 204 g/mol. The lowest BCUT2D eigenvalue weighted by atomic mass is 9.95. The third kappa shape index (κ3) is 1.48. The molecule has 0 radical (unpaired) electrons. The molecule has 0 spiro atoms. The molecule has 1 atom stereocenters. The molecule has 1 aromatic rings. The second-order valence-electron chi connectivity index (χ2n) is 4.11. The molecule has 3 nitrogen and oxygen atoms in total. The highest BCUT2D eigenvalue weighted by molar-refractivity contribution is 5.64. The molecule has 0 aromatic heterocycles. The van der Waals surface area contributed by atoms with Gasteiger partial charge in [-0.05, 0) is 36.5 Å². The summed E-state index contributed by atoms with van der Waals surface area (Å²) < 4.78 is 10.5. The molecular weight excluding hydrogens is 192 g/mol. The Balaban J connectivity index is 1.94. The Bertz CT molecular complexity index is 396. The van der Waals surface area contributed by atoms with Crippen LogP contribution in [0.4, 0.5) is 0 Å². The number of benzene rings is 1. The van der Waals surface area contributed by atoms with Crippen molar-refractivity contribution in [1.82, 2.24) is 0 Å². The Labute approximate surface area is 88.0 Å². The molecule has 2 aliphatic rings. The number of ether oxygens (including phenoxy) is 2. The van der Waals surface area contributed by atoms with Crippen LogP contribution in [-0.2, 0) is 4.79 Å². The Morgan fingerprint density at radius 2 is 2.07 bits per heavy atom. The third-order valence-electron chi connectivity index (χ3n) is 3.06. The molecule has 78 valence electrons. The van der Waals surface area contributed by atoms with Gasteiger partial charge in [-0.2, -0.15) is 0 Å². The van der Waals surface area contributed by atoms with Gasteiger partial charge >= 0.3 is 0 Å². The summed E-state index contributed by atoms with van der Waals surface area (Å²) in [6, 6.07) is 5.78. The van der Waals surface area contributed by atoms with Gasteiger partial charge in [-0.1, -0.05) is 6.07 Å². The summed E-state index contributed by atoms with van der Waals surface area (Å²) >= 11 is 0. The smallest absolute Gasteiger partial charge is 0.231 e. The minimum Gasteiger partial charge on any atom is -0.454 e. The Morgan fingerprint density at radius 1 is 1.27 bits per heavy atom. The molecule has 3 rings (SSSR count). The number of carbonyl (C=O) groups excluding carboxylic acids is 1. The second-order valence-corrected chi connectivity index (χ2v) is 4.11. The van der Waals surface area contributed by atoms with E-state index in [0.29, 0.717) is 5.92 Å². The van der Waals surface area contributed by atoms with Crippen molar-refractivity contribution in [1.29, 1.82) is 0 Å². The minimum absolute atomic E-state index is 0.0412. The first kappa shape index (κ1) is 8.77. The average molecular weight is 204 g/mol. The van der Waals surface area contributed by atoms with Gasteiger partial charge in [0.25, 0.3) is 0 Å². The first-order valence-electron chi connectivity index (χ1n) is 5.23. The van der Waals surface area contributed by atoms with E-state index in [4.69, 9.17) is 9.47 Å². The topological polar surface area (TPSA) is 35.5 Å². The highest BCUT2D eigenvalue weighted by Crippen LogP contribution is 2.43. The summed E-state index contributed by atoms with van der Waals surface area (Å²) in [5.74, 6) is 2.13. The fourth-order valence-corrected chi connectivity index (χ4v) is 2.04. The molecule has 1 aliphatic carbocycles. The maximum absolute atomic E-state index is 11.0. The molecule has 1 fully saturated rings. The zero-order valence-corrected chi connectivity index (χ0v) is 8.31. The average Bonchev–Trinajstić information content (AvgIpc) is 2.97. The van der Waals surface area contributed by atoms with Crippen molar-refractivity contribution in [2.45, 2.75) is 18.8 Å². The van der Waals surface area contributed by atoms with Crippen LogP contribution in [0.5, 0.6) is 11.5 Å². The van der Waals surface area contributed by atoms with Crippen LogP contribution >= 0.6 is 0 Å². The lowest BCUT2D eigenvalue weighted by Crippen LogP contribution is -2.02. The maximum atomic E-state index is 11.0. The van der Waals surface area contributed by atoms with Crippen LogP contribution in [0.2, 0.25) is 0 Å². The van der Waals surface area contributed by atoms with Crippen LogP contribution in [0.15, 0.2) is 18.2 Å². The van der Waals surface area contributed by atoms with Gasteiger partial charge < -0.3 is 14.3 Å². The Morgan fingerprint density at radius 3 is 2.80 bits per heavy atom. The van der Waals surface area contributed by atoms with Crippen molar-refractivity contribution in [3.63, 3.8) is 0 Å². The molecule has 3 heteroatoms. The number of aldehydes is 1. The predicted molar refractivity (Wildman–Crippen MR) is 54.1 cm³/mol. The summed E-state index contributed by atoms with van der Waals surface area (Å²) in [6.07, 6.45) is 3.38. The Kier molecular flexibility index (Phi) is 1.91. The van der Waals surface area contributed by atoms with E-state index in [1.807, 2.05) is 18.2 Å². The fourth-order valence-electron chi connectivity index (χ4n) is 2.04. The van der Waals surface area contributed by atoms with Crippen LogP contribution in [-0.4, -0.2) is 13.1 Å². The van der Waals surface area contributed by atoms with E-state index >= 15 is 0 Å². The summed E-state index contributed by atoms with van der Waals surface area (Å²) in [4.78, 5) is 11.0. The third-order valence-corrected chi connectivity index (χ3v) is 3.06. The summed E-state index contributed by atoms with van der Waals surface area (Å²) in [5.41, 5.74) is 1.05. The largest absolute Gasteiger partial charge is 0.454 e. The molecule has 1 unspecified atom stereocenters. The fraction of sp³-hybridized carbons (Fsp3) is 0.417. The van der Waals surface area contributed by atoms with E-state index in [1.54, 1.807) is 0 Å². The van der Waals surface area contributed by atoms with Crippen LogP contribution in [0.1, 0.15) is 24.3 Å². The minimum atomic E-state index is 0.0412. The van der Waals surface area contributed by atoms with Crippen LogP contribution < -0.4 is 9.47 Å². The standard InChI is InChI=1S/C12H12O3/c13-6-10(8-1-2-8)9-3-4-11-12(5-9)15-7-14-11/h3-6,8,10H,1-2,7H2. The molecular formula is C12H12O3. The predicted octanol–water partition coefficient (Wildman–Crippen LogP) is 2.11. The number of hydrogen-bond acceptors (Lipinski definition) is 3. The van der Waals surface area contributed by atoms with Gasteiger partial charge in [-0.15, -0.1) is 0 Å². The number of fused-ring (bicyclic) bond motifs is 1. The van der Waals surface area contributed by atoms with E-state index in [9.17, 15) is 4.79 Å². The molecule has 1 heterocycles. The number of carbonyl (C=O) groups is 1. The van der Waals surface area contributed by atoms with Gasteiger partial charge in [0.1, 0.15) is 6.29 Å². The summed E-state index contributed by atoms with van der Waals surface area (Å²) in [5, 5.41) is 0. The first-order valence-corrected chi connectivity index (χ1v) is 5.23. The zero-order chi connectivity index (χ0) is 10.3. The Hall–Kier alpha value is -1.51. The van der Waals surface area contributed by atoms with Gasteiger partial charge in [0.05, 0.1) is 0 Å². The van der Waals surface area contributed by atoms with Crippen molar-refractivity contribution in [2.24, 2.45) is 5.92 Å². The number of rotatable bonds is 3. The quantitative estimate of drug-likeness (QED) is 0.707. The van der Waals surface area contributed by atoms with E-state index in [-0.39, 0.29) is 12.7 Å². The van der Waals surface area contributed by atoms with E-state index in [2.05, 4.69) is 0 Å². The zero-order valence-electron chi connectivity index (χ0n) is 8.31. The van der Waals surface area contributed by atoms with Crippen molar-refractivity contribution in [2.75, 3.05) is 6.79 Å². The van der Waals surface area contributed by atoms with E-state index < -0.39 is 0 Å². The molecule has 0 amide bonds. The van der Waals surface area contributed by atoms with Crippen molar-refractivity contribution < 1.29 is 14.3 Å². The van der Waals surface area contributed by atoms with Gasteiger partial charge in [0.2, 0.25) is 6.79 Å². The van der Waals surface area contributed by atoms with Crippen LogP contribution in [0.25, 0.3) is 0 Å². The van der Waals surface area contributed by atoms with Gasteiger partial charge in [0.15, 0.2) is 11.5 Å². The molecule has 0 bridgehead atoms. The van der Waals surface area contributed by atoms with Gasteiger partial charge in [-0.3, -0.25) is 0 Å². The van der Waals surface area contributed by atoms with Crippen molar-refractivity contribution >= 4 is 6.29 Å². The molecule has 1 aromatic carbocycles. The van der Waals surface area contributed by atoms with Crippen molar-refractivity contribution in [3.8, 4) is 11.5 Å². The molecule has 0 saturated heterocycles. The second kappa shape index (κ2) is 3.26. The van der Waals surface area contributed by atoms with E-state index in [0.717, 1.165) is 36.2 Å². The summed E-state index contributed by atoms with van der Waals surface area (Å²) in [7, 11) is 0. The first-order chi connectivity index (χ1) is 7.38. The van der Waals surface area contributed by atoms with E-state index in [1.165, 1.54) is 0 Å².